The number of aryl methyl sites for hydroxylation is 1. The van der Waals surface area contributed by atoms with Crippen LogP contribution in [0.15, 0.2) is 47.5 Å². The first-order valence-electron chi connectivity index (χ1n) is 11.7. The summed E-state index contributed by atoms with van der Waals surface area (Å²) in [7, 11) is 0. The van der Waals surface area contributed by atoms with Crippen molar-refractivity contribution >= 4 is 28.5 Å². The molecule has 10 nitrogen and oxygen atoms in total. The number of nitrogens with zero attached hydrogens (tertiary/aromatic N) is 5. The topological polar surface area (TPSA) is 122 Å². The summed E-state index contributed by atoms with van der Waals surface area (Å²) in [4.78, 5) is 49.1. The lowest BCUT2D eigenvalue weighted by Crippen LogP contribution is -2.49. The second kappa shape index (κ2) is 10.9. The van der Waals surface area contributed by atoms with E-state index in [2.05, 4.69) is 32.8 Å². The number of hydrogen-bond donors (Lipinski definition) is 2. The highest BCUT2D eigenvalue weighted by Crippen LogP contribution is 2.20. The van der Waals surface area contributed by atoms with Gasteiger partial charge in [-0.05, 0) is 31.4 Å². The molecule has 1 atom stereocenters. The predicted molar refractivity (Wildman–Crippen MR) is 128 cm³/mol. The zero-order valence-corrected chi connectivity index (χ0v) is 19.2. The van der Waals surface area contributed by atoms with Gasteiger partial charge in [0.2, 0.25) is 11.9 Å². The van der Waals surface area contributed by atoms with Gasteiger partial charge in [-0.15, -0.1) is 0 Å². The van der Waals surface area contributed by atoms with Gasteiger partial charge in [-0.2, -0.15) is 5.10 Å². The van der Waals surface area contributed by atoms with Gasteiger partial charge in [0.1, 0.15) is 0 Å². The fourth-order valence-corrected chi connectivity index (χ4v) is 4.17. The molecule has 0 saturated carbocycles. The van der Waals surface area contributed by atoms with Gasteiger partial charge in [0, 0.05) is 37.4 Å². The third-order valence-corrected chi connectivity index (χ3v) is 5.98. The number of carbonyl (C=O) groups excluding carboxylic acids is 2. The molecule has 2 amide bonds. The highest BCUT2D eigenvalue weighted by molar-refractivity contribution is 6.05. The molecule has 4 rings (SSSR count). The van der Waals surface area contributed by atoms with Crippen molar-refractivity contribution in [3.05, 3.63) is 58.8 Å². The van der Waals surface area contributed by atoms with Crippen LogP contribution in [0, 0.1) is 5.92 Å². The minimum Gasteiger partial charge on any atom is -0.340 e. The maximum absolute atomic E-state index is 13.0. The molecule has 1 aliphatic heterocycles. The predicted octanol–water partition coefficient (Wildman–Crippen LogP) is 2.05. The Hall–Kier alpha value is -3.82. The molecule has 2 aromatic heterocycles. The largest absolute Gasteiger partial charge is 0.340 e. The molecule has 1 saturated heterocycles. The Balaban J connectivity index is 1.46. The third-order valence-electron chi connectivity index (χ3n) is 5.98. The molecule has 0 spiro atoms. The van der Waals surface area contributed by atoms with E-state index < -0.39 is 5.91 Å². The summed E-state index contributed by atoms with van der Waals surface area (Å²) >= 11 is 0. The van der Waals surface area contributed by atoms with Crippen LogP contribution in [0.25, 0.3) is 10.8 Å². The Morgan fingerprint density at radius 2 is 1.82 bits per heavy atom. The molecular weight excluding hydrogens is 434 g/mol. The second-order valence-electron chi connectivity index (χ2n) is 8.41. The molecule has 0 radical (unpaired) electrons. The zero-order valence-electron chi connectivity index (χ0n) is 19.2. The van der Waals surface area contributed by atoms with Crippen molar-refractivity contribution in [2.45, 2.75) is 45.6 Å². The summed E-state index contributed by atoms with van der Waals surface area (Å²) in [6.45, 7) is 3.75. The highest BCUT2D eigenvalue weighted by Gasteiger charge is 2.27. The van der Waals surface area contributed by atoms with Crippen LogP contribution in [-0.2, 0) is 11.3 Å². The van der Waals surface area contributed by atoms with Gasteiger partial charge >= 0.3 is 0 Å². The first kappa shape index (κ1) is 23.3. The van der Waals surface area contributed by atoms with Crippen LogP contribution in [0.3, 0.4) is 0 Å². The molecule has 178 valence electrons. The van der Waals surface area contributed by atoms with E-state index in [1.54, 1.807) is 42.7 Å². The molecular formula is C24H29N7O3. The third kappa shape index (κ3) is 5.22. The number of benzene rings is 1. The fourth-order valence-electron chi connectivity index (χ4n) is 4.17. The van der Waals surface area contributed by atoms with Crippen molar-refractivity contribution in [2.24, 2.45) is 5.92 Å². The minimum absolute atomic E-state index is 0.106. The van der Waals surface area contributed by atoms with Gasteiger partial charge in [0.15, 0.2) is 5.69 Å². The first-order valence-corrected chi connectivity index (χ1v) is 11.7. The zero-order chi connectivity index (χ0) is 23.9. The van der Waals surface area contributed by atoms with Gasteiger partial charge in [-0.3, -0.25) is 25.2 Å². The van der Waals surface area contributed by atoms with Crippen LogP contribution in [0.4, 0.5) is 5.95 Å². The van der Waals surface area contributed by atoms with E-state index >= 15 is 0 Å². The maximum Gasteiger partial charge on any atom is 0.290 e. The van der Waals surface area contributed by atoms with Gasteiger partial charge in [0.05, 0.1) is 11.3 Å². The average molecular weight is 464 g/mol. The number of aromatic nitrogens is 4. The molecule has 10 heteroatoms. The smallest absolute Gasteiger partial charge is 0.290 e. The summed E-state index contributed by atoms with van der Waals surface area (Å²) in [5, 5.41) is 5.21. The molecule has 34 heavy (non-hydrogen) atoms. The Bertz CT molecular complexity index is 1210. The Kier molecular flexibility index (Phi) is 7.46. The lowest BCUT2D eigenvalue weighted by molar-refractivity contribution is -0.126. The number of rotatable bonds is 7. The lowest BCUT2D eigenvalue weighted by atomic mass is 9.98. The molecule has 1 aromatic carbocycles. The van der Waals surface area contributed by atoms with E-state index in [1.807, 2.05) is 4.90 Å². The fraction of sp³-hybridized carbons (Fsp3) is 0.417. The molecule has 3 aromatic rings. The summed E-state index contributed by atoms with van der Waals surface area (Å²) < 4.78 is 1.34. The van der Waals surface area contributed by atoms with Crippen molar-refractivity contribution < 1.29 is 9.59 Å². The Labute approximate surface area is 197 Å². The van der Waals surface area contributed by atoms with E-state index in [1.165, 1.54) is 4.68 Å². The average Bonchev–Trinajstić information content (AvgIpc) is 2.89. The molecule has 1 unspecified atom stereocenters. The van der Waals surface area contributed by atoms with Crippen LogP contribution in [0.5, 0.6) is 0 Å². The number of fused-ring (bicyclic) bond motifs is 1. The number of piperidine rings is 1. The van der Waals surface area contributed by atoms with Crippen molar-refractivity contribution in [2.75, 3.05) is 18.0 Å². The van der Waals surface area contributed by atoms with Crippen LogP contribution in [0.1, 0.15) is 49.5 Å². The quantitative estimate of drug-likeness (QED) is 0.406. The number of hydrogen-bond acceptors (Lipinski definition) is 7. The van der Waals surface area contributed by atoms with E-state index in [9.17, 15) is 14.4 Å². The molecule has 1 aliphatic rings. The molecule has 3 heterocycles. The van der Waals surface area contributed by atoms with Crippen LogP contribution in [-0.4, -0.2) is 44.7 Å². The van der Waals surface area contributed by atoms with Crippen molar-refractivity contribution in [3.63, 3.8) is 0 Å². The van der Waals surface area contributed by atoms with E-state index in [0.717, 1.165) is 32.2 Å². The van der Waals surface area contributed by atoms with Crippen molar-refractivity contribution in [1.29, 1.82) is 0 Å². The van der Waals surface area contributed by atoms with Gasteiger partial charge in [0.25, 0.3) is 11.5 Å². The number of unbranched alkanes of at least 4 members (excludes halogenated alkanes) is 2. The molecule has 0 aliphatic carbocycles. The second-order valence-corrected chi connectivity index (χ2v) is 8.41. The van der Waals surface area contributed by atoms with E-state index in [4.69, 9.17) is 0 Å². The molecule has 0 bridgehead atoms. The van der Waals surface area contributed by atoms with E-state index in [-0.39, 0.29) is 23.1 Å². The standard InChI is InChI=1S/C24H29N7O3/c1-2-3-6-15-31-23(34)19-11-5-4-10-18(19)20(29-31)22(33)28-27-21(32)17-9-7-14-30(16-17)24-25-12-8-13-26-24/h4-5,8,10-13,17H,2-3,6-7,9,14-16H2,1H3,(H,27,32)(H,28,33). The molecule has 2 N–H and O–H groups in total. The number of nitrogens with one attached hydrogen (secondary N) is 2. The summed E-state index contributed by atoms with van der Waals surface area (Å²) in [5.74, 6) is -0.571. The van der Waals surface area contributed by atoms with Crippen LogP contribution < -0.4 is 21.3 Å². The number of carbonyl (C=O) groups is 2. The van der Waals surface area contributed by atoms with Crippen molar-refractivity contribution in [1.82, 2.24) is 30.6 Å². The van der Waals surface area contributed by atoms with Gasteiger partial charge < -0.3 is 4.90 Å². The normalized spacial score (nSPS) is 15.8. The Morgan fingerprint density at radius 3 is 2.59 bits per heavy atom. The first-order chi connectivity index (χ1) is 16.6. The summed E-state index contributed by atoms with van der Waals surface area (Å²) in [6.07, 6.45) is 7.63. The van der Waals surface area contributed by atoms with Gasteiger partial charge in [-0.1, -0.05) is 38.0 Å². The van der Waals surface area contributed by atoms with Crippen LogP contribution in [0.2, 0.25) is 0 Å². The summed E-state index contributed by atoms with van der Waals surface area (Å²) in [5.41, 5.74) is 4.91. The van der Waals surface area contributed by atoms with Gasteiger partial charge in [-0.25, -0.2) is 14.6 Å². The SMILES string of the molecule is CCCCCn1nc(C(=O)NNC(=O)C2CCCN(c3ncccn3)C2)c2ccccc2c1=O. The minimum atomic E-state index is -0.562. The van der Waals surface area contributed by atoms with Crippen molar-refractivity contribution in [3.8, 4) is 0 Å². The monoisotopic (exact) mass is 463 g/mol. The highest BCUT2D eigenvalue weighted by atomic mass is 16.2. The maximum atomic E-state index is 13.0. The molecule has 1 fully saturated rings. The number of hydrazine groups is 1. The lowest BCUT2D eigenvalue weighted by Gasteiger charge is -2.31. The Morgan fingerprint density at radius 1 is 1.06 bits per heavy atom. The van der Waals surface area contributed by atoms with E-state index in [0.29, 0.717) is 36.2 Å². The number of anilines is 1. The summed E-state index contributed by atoms with van der Waals surface area (Å²) in [6, 6.07) is 8.64. The number of amides is 2. The van der Waals surface area contributed by atoms with Crippen LogP contribution >= 0.6 is 0 Å².